The van der Waals surface area contributed by atoms with Crippen molar-refractivity contribution in [3.05, 3.63) is 71.5 Å². The van der Waals surface area contributed by atoms with Gasteiger partial charge in [0.2, 0.25) is 0 Å². The third kappa shape index (κ3) is 5.67. The number of benzene rings is 2. The first-order valence-corrected chi connectivity index (χ1v) is 11.5. The molecule has 0 N–H and O–H groups in total. The van der Waals surface area contributed by atoms with Crippen molar-refractivity contribution in [2.45, 2.75) is 64.2 Å². The Kier molecular flexibility index (Phi) is 7.07. The van der Waals surface area contributed by atoms with Crippen LogP contribution in [0.4, 0.5) is 14.0 Å². The van der Waals surface area contributed by atoms with Crippen molar-refractivity contribution in [2.24, 2.45) is 0 Å². The second-order valence-electron chi connectivity index (χ2n) is 9.69. The maximum Gasteiger partial charge on any atom is 0.410 e. The van der Waals surface area contributed by atoms with Crippen LogP contribution in [0.2, 0.25) is 0 Å². The SMILES string of the molecule is CC(C)(C)OC(=O)N1CC(OCc2ccc(F)cc2)C2C1CCN2C(=O)OCc1ccccc1. The predicted octanol–water partition coefficient (Wildman–Crippen LogP) is 4.74. The molecular weight excluding hydrogens is 439 g/mol. The summed E-state index contributed by atoms with van der Waals surface area (Å²) in [5, 5.41) is 0. The number of amides is 2. The minimum absolute atomic E-state index is 0.171. The van der Waals surface area contributed by atoms with E-state index in [-0.39, 0.29) is 31.1 Å². The summed E-state index contributed by atoms with van der Waals surface area (Å²) >= 11 is 0. The lowest BCUT2D eigenvalue weighted by Gasteiger charge is -2.28. The van der Waals surface area contributed by atoms with Crippen molar-refractivity contribution < 1.29 is 28.2 Å². The number of nitrogens with zero attached hydrogens (tertiary/aromatic N) is 2. The molecule has 182 valence electrons. The molecule has 2 aliphatic heterocycles. The molecule has 0 spiro atoms. The average Bonchev–Trinajstić information content (AvgIpc) is 3.38. The minimum atomic E-state index is -0.632. The smallest absolute Gasteiger partial charge is 0.410 e. The van der Waals surface area contributed by atoms with E-state index in [1.54, 1.807) is 21.9 Å². The van der Waals surface area contributed by atoms with Crippen molar-refractivity contribution in [1.82, 2.24) is 9.80 Å². The van der Waals surface area contributed by atoms with Crippen LogP contribution < -0.4 is 0 Å². The molecule has 2 aromatic carbocycles. The molecule has 0 saturated carbocycles. The number of carbonyl (C=O) groups is 2. The molecule has 0 aromatic heterocycles. The van der Waals surface area contributed by atoms with Crippen molar-refractivity contribution in [1.29, 1.82) is 0 Å². The Morgan fingerprint density at radius 3 is 2.29 bits per heavy atom. The van der Waals surface area contributed by atoms with E-state index in [2.05, 4.69) is 0 Å². The molecule has 0 bridgehead atoms. The highest BCUT2D eigenvalue weighted by molar-refractivity contribution is 5.72. The Hall–Kier alpha value is -3.13. The first-order valence-electron chi connectivity index (χ1n) is 11.5. The van der Waals surface area contributed by atoms with Crippen molar-refractivity contribution >= 4 is 12.2 Å². The van der Waals surface area contributed by atoms with Gasteiger partial charge in [0, 0.05) is 6.54 Å². The van der Waals surface area contributed by atoms with Gasteiger partial charge in [-0.05, 0) is 50.5 Å². The lowest BCUT2D eigenvalue weighted by molar-refractivity contribution is -0.000317. The van der Waals surface area contributed by atoms with Crippen LogP contribution in [0.3, 0.4) is 0 Å². The maximum atomic E-state index is 13.3. The van der Waals surface area contributed by atoms with Gasteiger partial charge in [0.25, 0.3) is 0 Å². The minimum Gasteiger partial charge on any atom is -0.445 e. The van der Waals surface area contributed by atoms with Crippen molar-refractivity contribution in [3.63, 3.8) is 0 Å². The summed E-state index contributed by atoms with van der Waals surface area (Å²) in [7, 11) is 0. The van der Waals surface area contributed by atoms with E-state index < -0.39 is 23.9 Å². The van der Waals surface area contributed by atoms with Gasteiger partial charge in [-0.15, -0.1) is 0 Å². The zero-order chi connectivity index (χ0) is 24.3. The Labute approximate surface area is 199 Å². The van der Waals surface area contributed by atoms with Gasteiger partial charge in [-0.25, -0.2) is 14.0 Å². The van der Waals surface area contributed by atoms with E-state index in [4.69, 9.17) is 14.2 Å². The maximum absolute atomic E-state index is 13.3. The Morgan fingerprint density at radius 1 is 0.941 bits per heavy atom. The second kappa shape index (κ2) is 10.0. The van der Waals surface area contributed by atoms with E-state index in [1.807, 2.05) is 51.1 Å². The van der Waals surface area contributed by atoms with Gasteiger partial charge in [0.05, 0.1) is 31.3 Å². The monoisotopic (exact) mass is 470 g/mol. The van der Waals surface area contributed by atoms with Crippen LogP contribution in [0, 0.1) is 5.82 Å². The Morgan fingerprint density at radius 2 is 1.62 bits per heavy atom. The van der Waals surface area contributed by atoms with Crippen LogP contribution in [0.5, 0.6) is 0 Å². The largest absolute Gasteiger partial charge is 0.445 e. The molecule has 2 amide bonds. The van der Waals surface area contributed by atoms with Crippen LogP contribution >= 0.6 is 0 Å². The number of rotatable bonds is 5. The summed E-state index contributed by atoms with van der Waals surface area (Å²) in [5.74, 6) is -0.316. The number of halogens is 1. The van der Waals surface area contributed by atoms with E-state index in [9.17, 15) is 14.0 Å². The molecule has 34 heavy (non-hydrogen) atoms. The summed E-state index contributed by atoms with van der Waals surface area (Å²) < 4.78 is 30.6. The summed E-state index contributed by atoms with van der Waals surface area (Å²) in [5.41, 5.74) is 1.08. The normalized spacial score (nSPS) is 21.9. The third-order valence-corrected chi connectivity index (χ3v) is 6.02. The third-order valence-electron chi connectivity index (χ3n) is 6.02. The molecule has 2 fully saturated rings. The fourth-order valence-corrected chi connectivity index (χ4v) is 4.51. The second-order valence-corrected chi connectivity index (χ2v) is 9.69. The van der Waals surface area contributed by atoms with Crippen LogP contribution in [-0.4, -0.2) is 58.9 Å². The number of hydrogen-bond donors (Lipinski definition) is 0. The van der Waals surface area contributed by atoms with Gasteiger partial charge >= 0.3 is 12.2 Å². The van der Waals surface area contributed by atoms with Crippen molar-refractivity contribution in [3.8, 4) is 0 Å². The van der Waals surface area contributed by atoms with Gasteiger partial charge in [-0.3, -0.25) is 0 Å². The Bertz CT molecular complexity index is 993. The summed E-state index contributed by atoms with van der Waals surface area (Å²) in [6, 6.07) is 15.0. The number of hydrogen-bond acceptors (Lipinski definition) is 5. The lowest BCUT2D eigenvalue weighted by atomic mass is 10.1. The number of fused-ring (bicyclic) bond motifs is 1. The zero-order valence-electron chi connectivity index (χ0n) is 19.8. The van der Waals surface area contributed by atoms with Gasteiger partial charge in [-0.2, -0.15) is 0 Å². The van der Waals surface area contributed by atoms with Gasteiger partial charge in [0.1, 0.15) is 18.0 Å². The first kappa shape index (κ1) is 24.0. The van der Waals surface area contributed by atoms with Crippen LogP contribution in [-0.2, 0) is 27.4 Å². The number of ether oxygens (including phenoxy) is 3. The van der Waals surface area contributed by atoms with Crippen LogP contribution in [0.15, 0.2) is 54.6 Å². The van der Waals surface area contributed by atoms with E-state index in [0.717, 1.165) is 11.1 Å². The van der Waals surface area contributed by atoms with Crippen LogP contribution in [0.25, 0.3) is 0 Å². The molecule has 3 unspecified atom stereocenters. The molecule has 3 atom stereocenters. The molecule has 7 nitrogen and oxygen atoms in total. The topological polar surface area (TPSA) is 68.3 Å². The fourth-order valence-electron chi connectivity index (χ4n) is 4.51. The molecule has 2 heterocycles. The molecule has 0 radical (unpaired) electrons. The van der Waals surface area contributed by atoms with Gasteiger partial charge < -0.3 is 24.0 Å². The van der Waals surface area contributed by atoms with E-state index in [0.29, 0.717) is 19.5 Å². The summed E-state index contributed by atoms with van der Waals surface area (Å²) in [6.45, 7) is 6.63. The molecular formula is C26H31FN2O5. The summed E-state index contributed by atoms with van der Waals surface area (Å²) in [6.07, 6.45) is -0.664. The molecule has 2 saturated heterocycles. The van der Waals surface area contributed by atoms with Gasteiger partial charge in [-0.1, -0.05) is 42.5 Å². The molecule has 8 heteroatoms. The molecule has 4 rings (SSSR count). The number of likely N-dealkylation sites (tertiary alicyclic amines) is 2. The molecule has 2 aromatic rings. The molecule has 0 aliphatic carbocycles. The highest BCUT2D eigenvalue weighted by Crippen LogP contribution is 2.35. The Balaban J connectivity index is 1.47. The predicted molar refractivity (Wildman–Crippen MR) is 123 cm³/mol. The van der Waals surface area contributed by atoms with E-state index in [1.165, 1.54) is 12.1 Å². The fraction of sp³-hybridized carbons (Fsp3) is 0.462. The lowest BCUT2D eigenvalue weighted by Crippen LogP contribution is -2.46. The first-order chi connectivity index (χ1) is 16.2. The average molecular weight is 471 g/mol. The number of carbonyl (C=O) groups excluding carboxylic acids is 2. The summed E-state index contributed by atoms with van der Waals surface area (Å²) in [4.78, 5) is 29.2. The zero-order valence-corrected chi connectivity index (χ0v) is 19.8. The van der Waals surface area contributed by atoms with Crippen molar-refractivity contribution in [2.75, 3.05) is 13.1 Å². The quantitative estimate of drug-likeness (QED) is 0.631. The van der Waals surface area contributed by atoms with Gasteiger partial charge in [0.15, 0.2) is 0 Å². The molecule has 2 aliphatic rings. The van der Waals surface area contributed by atoms with E-state index >= 15 is 0 Å². The highest BCUT2D eigenvalue weighted by atomic mass is 19.1. The standard InChI is InChI=1S/C26H31FN2O5/c1-26(2,3)34-25(31)29-15-22(32-16-19-9-11-20(27)12-10-19)23-21(29)13-14-28(23)24(30)33-17-18-7-5-4-6-8-18/h4-12,21-23H,13-17H2,1-3H3. The highest BCUT2D eigenvalue weighted by Gasteiger charge is 2.53. The van der Waals surface area contributed by atoms with Crippen LogP contribution in [0.1, 0.15) is 38.3 Å².